The van der Waals surface area contributed by atoms with Gasteiger partial charge in [0.15, 0.2) is 5.72 Å². The molecule has 3 heteroatoms. The Balaban J connectivity index is 1.90. The van der Waals surface area contributed by atoms with E-state index in [9.17, 15) is 0 Å². The van der Waals surface area contributed by atoms with Gasteiger partial charge in [0.25, 0.3) is 0 Å². The van der Waals surface area contributed by atoms with E-state index in [2.05, 4.69) is 29.2 Å². The summed E-state index contributed by atoms with van der Waals surface area (Å²) in [6, 6.07) is 8.44. The standard InChI is InChI=1S/C11H14N2O/c12-7-9-1-3-10(4-2-9)11-8-13(11)5-6-14-11/h1-4H,5-8,12H2. The Hall–Kier alpha value is -0.900. The molecular formula is C11H14N2O. The molecule has 0 bridgehead atoms. The highest BCUT2D eigenvalue weighted by atomic mass is 16.5. The average Bonchev–Trinajstić information content (AvgIpc) is 2.82. The maximum absolute atomic E-state index is 5.77. The first kappa shape index (κ1) is 8.41. The molecule has 3 rings (SSSR count). The summed E-state index contributed by atoms with van der Waals surface area (Å²) in [5.74, 6) is 0. The summed E-state index contributed by atoms with van der Waals surface area (Å²) in [6.45, 7) is 3.59. The molecule has 14 heavy (non-hydrogen) atoms. The number of hydrogen-bond acceptors (Lipinski definition) is 3. The van der Waals surface area contributed by atoms with Crippen LogP contribution < -0.4 is 5.73 Å². The fourth-order valence-electron chi connectivity index (χ4n) is 2.20. The monoisotopic (exact) mass is 190 g/mol. The highest BCUT2D eigenvalue weighted by molar-refractivity contribution is 5.32. The van der Waals surface area contributed by atoms with Gasteiger partial charge >= 0.3 is 0 Å². The lowest BCUT2D eigenvalue weighted by molar-refractivity contribution is 0.0588. The number of ether oxygens (including phenoxy) is 1. The van der Waals surface area contributed by atoms with Crippen molar-refractivity contribution in [3.8, 4) is 0 Å². The van der Waals surface area contributed by atoms with Crippen LogP contribution in [0.5, 0.6) is 0 Å². The van der Waals surface area contributed by atoms with Gasteiger partial charge in [-0.3, -0.25) is 4.90 Å². The second-order valence-corrected chi connectivity index (χ2v) is 3.96. The fourth-order valence-corrected chi connectivity index (χ4v) is 2.20. The van der Waals surface area contributed by atoms with Crippen molar-refractivity contribution in [2.75, 3.05) is 19.7 Å². The van der Waals surface area contributed by atoms with Gasteiger partial charge in [0.2, 0.25) is 0 Å². The van der Waals surface area contributed by atoms with Crippen molar-refractivity contribution in [1.29, 1.82) is 0 Å². The van der Waals surface area contributed by atoms with E-state index in [0.717, 1.165) is 19.7 Å². The van der Waals surface area contributed by atoms with Crippen LogP contribution >= 0.6 is 0 Å². The highest BCUT2D eigenvalue weighted by Crippen LogP contribution is 2.46. The third-order valence-corrected chi connectivity index (χ3v) is 3.16. The molecule has 0 saturated carbocycles. The molecule has 1 aromatic rings. The van der Waals surface area contributed by atoms with Crippen LogP contribution in [-0.4, -0.2) is 24.6 Å². The second-order valence-electron chi connectivity index (χ2n) is 3.96. The molecule has 2 N–H and O–H groups in total. The first-order valence-electron chi connectivity index (χ1n) is 5.04. The Morgan fingerprint density at radius 2 is 2.14 bits per heavy atom. The zero-order valence-electron chi connectivity index (χ0n) is 8.07. The molecule has 0 amide bonds. The largest absolute Gasteiger partial charge is 0.353 e. The molecular weight excluding hydrogens is 176 g/mol. The van der Waals surface area contributed by atoms with Gasteiger partial charge in [0, 0.05) is 25.2 Å². The molecule has 2 fully saturated rings. The van der Waals surface area contributed by atoms with E-state index in [1.807, 2.05) is 0 Å². The van der Waals surface area contributed by atoms with Gasteiger partial charge in [-0.1, -0.05) is 24.3 Å². The number of hydrogen-bond donors (Lipinski definition) is 1. The van der Waals surface area contributed by atoms with Gasteiger partial charge in [-0.05, 0) is 5.56 Å². The van der Waals surface area contributed by atoms with Crippen molar-refractivity contribution in [2.24, 2.45) is 5.73 Å². The summed E-state index contributed by atoms with van der Waals surface area (Å²) < 4.78 is 5.77. The van der Waals surface area contributed by atoms with Gasteiger partial charge < -0.3 is 10.5 Å². The molecule has 0 aromatic heterocycles. The van der Waals surface area contributed by atoms with E-state index in [4.69, 9.17) is 10.5 Å². The Morgan fingerprint density at radius 3 is 2.64 bits per heavy atom. The van der Waals surface area contributed by atoms with Crippen molar-refractivity contribution >= 4 is 0 Å². The first-order valence-corrected chi connectivity index (χ1v) is 5.04. The van der Waals surface area contributed by atoms with Crippen molar-refractivity contribution in [2.45, 2.75) is 12.3 Å². The van der Waals surface area contributed by atoms with Crippen LogP contribution in [0.25, 0.3) is 0 Å². The quantitative estimate of drug-likeness (QED) is 0.696. The molecule has 74 valence electrons. The number of rotatable bonds is 2. The van der Waals surface area contributed by atoms with Crippen LogP contribution in [0.2, 0.25) is 0 Å². The van der Waals surface area contributed by atoms with Crippen molar-refractivity contribution in [3.05, 3.63) is 35.4 Å². The molecule has 0 spiro atoms. The molecule has 2 heterocycles. The molecule has 1 aromatic carbocycles. The molecule has 0 radical (unpaired) electrons. The maximum atomic E-state index is 5.77. The normalized spacial score (nSPS) is 34.2. The Morgan fingerprint density at radius 1 is 1.36 bits per heavy atom. The summed E-state index contributed by atoms with van der Waals surface area (Å²) in [5, 5.41) is 0. The summed E-state index contributed by atoms with van der Waals surface area (Å²) in [6.07, 6.45) is 0. The average molecular weight is 190 g/mol. The molecule has 2 unspecified atom stereocenters. The van der Waals surface area contributed by atoms with E-state index >= 15 is 0 Å². The number of nitrogens with two attached hydrogens (primary N) is 1. The van der Waals surface area contributed by atoms with Gasteiger partial charge in [-0.2, -0.15) is 0 Å². The van der Waals surface area contributed by atoms with Crippen molar-refractivity contribution < 1.29 is 4.74 Å². The lowest BCUT2D eigenvalue weighted by atomic mass is 10.1. The van der Waals surface area contributed by atoms with Crippen LogP contribution in [0.1, 0.15) is 11.1 Å². The molecule has 2 saturated heterocycles. The Kier molecular flexibility index (Phi) is 1.68. The number of nitrogens with zero attached hydrogens (tertiary/aromatic N) is 1. The lowest BCUT2D eigenvalue weighted by Gasteiger charge is -2.11. The minimum absolute atomic E-state index is 0.0624. The number of morpholine rings is 1. The van der Waals surface area contributed by atoms with E-state index in [-0.39, 0.29) is 5.72 Å². The van der Waals surface area contributed by atoms with Gasteiger partial charge in [-0.25, -0.2) is 0 Å². The van der Waals surface area contributed by atoms with Crippen LogP contribution in [-0.2, 0) is 17.0 Å². The topological polar surface area (TPSA) is 38.3 Å². The Labute approximate surface area is 83.5 Å². The van der Waals surface area contributed by atoms with E-state index in [0.29, 0.717) is 6.54 Å². The summed E-state index contributed by atoms with van der Waals surface area (Å²) in [5.41, 5.74) is 7.94. The number of benzene rings is 1. The van der Waals surface area contributed by atoms with Crippen LogP contribution in [0.15, 0.2) is 24.3 Å². The SMILES string of the molecule is NCc1ccc(C23CN2CCO3)cc1. The van der Waals surface area contributed by atoms with E-state index in [1.54, 1.807) is 0 Å². The van der Waals surface area contributed by atoms with Crippen molar-refractivity contribution in [3.63, 3.8) is 0 Å². The first-order chi connectivity index (χ1) is 6.85. The Bertz CT molecular complexity index is 349. The van der Waals surface area contributed by atoms with E-state index < -0.39 is 0 Å². The summed E-state index contributed by atoms with van der Waals surface area (Å²) in [7, 11) is 0. The fraction of sp³-hybridized carbons (Fsp3) is 0.455. The van der Waals surface area contributed by atoms with E-state index in [1.165, 1.54) is 11.1 Å². The molecule has 2 aliphatic rings. The predicted octanol–water partition coefficient (Wildman–Crippen LogP) is 0.644. The number of fused-ring (bicyclic) bond motifs is 1. The molecule has 0 aliphatic carbocycles. The van der Waals surface area contributed by atoms with Crippen LogP contribution in [0.4, 0.5) is 0 Å². The summed E-state index contributed by atoms with van der Waals surface area (Å²) >= 11 is 0. The molecule has 2 aliphatic heterocycles. The van der Waals surface area contributed by atoms with Crippen LogP contribution in [0.3, 0.4) is 0 Å². The smallest absolute Gasteiger partial charge is 0.160 e. The minimum Gasteiger partial charge on any atom is -0.353 e. The third-order valence-electron chi connectivity index (χ3n) is 3.16. The minimum atomic E-state index is -0.0624. The maximum Gasteiger partial charge on any atom is 0.160 e. The lowest BCUT2D eigenvalue weighted by Crippen LogP contribution is -2.12. The predicted molar refractivity (Wildman–Crippen MR) is 53.5 cm³/mol. The van der Waals surface area contributed by atoms with Crippen LogP contribution in [0, 0.1) is 0 Å². The summed E-state index contributed by atoms with van der Waals surface area (Å²) in [4.78, 5) is 2.35. The third kappa shape index (κ3) is 1.03. The molecule has 3 nitrogen and oxygen atoms in total. The zero-order chi connectivity index (χ0) is 9.60. The zero-order valence-corrected chi connectivity index (χ0v) is 8.07. The molecule has 2 atom stereocenters. The van der Waals surface area contributed by atoms with Crippen molar-refractivity contribution in [1.82, 2.24) is 4.90 Å². The second kappa shape index (κ2) is 2.79. The van der Waals surface area contributed by atoms with Gasteiger partial charge in [-0.15, -0.1) is 0 Å². The van der Waals surface area contributed by atoms with Gasteiger partial charge in [0.05, 0.1) is 6.61 Å². The highest BCUT2D eigenvalue weighted by Gasteiger charge is 2.58. The van der Waals surface area contributed by atoms with Gasteiger partial charge in [0.1, 0.15) is 0 Å².